The summed E-state index contributed by atoms with van der Waals surface area (Å²) in [5, 5.41) is 11.4. The molecule has 0 saturated carbocycles. The SMILES string of the molecule is CCNC(=O)Nc1cc(C#C[Si](C)C)c(-c2cc(-c3n[nH]c(=O)o3)ccn2)cn1. The van der Waals surface area contributed by atoms with E-state index in [4.69, 9.17) is 4.42 Å². The number of amides is 2. The van der Waals surface area contributed by atoms with Crippen LogP contribution in [-0.2, 0) is 0 Å². The number of hydrogen-bond donors (Lipinski definition) is 3. The summed E-state index contributed by atoms with van der Waals surface area (Å²) >= 11 is 0. The number of rotatable bonds is 4. The average Bonchev–Trinajstić information content (AvgIpc) is 3.13. The van der Waals surface area contributed by atoms with Crippen molar-refractivity contribution in [3.05, 3.63) is 46.7 Å². The number of pyridine rings is 2. The smallest absolute Gasteiger partial charge is 0.388 e. The molecule has 10 heteroatoms. The molecule has 0 saturated heterocycles. The number of nitrogens with zero attached hydrogens (tertiary/aromatic N) is 3. The van der Waals surface area contributed by atoms with Crippen molar-refractivity contribution in [2.75, 3.05) is 11.9 Å². The Hall–Kier alpha value is -3.71. The van der Waals surface area contributed by atoms with Crippen molar-refractivity contribution >= 4 is 20.6 Å². The Bertz CT molecular complexity index is 1140. The van der Waals surface area contributed by atoms with Crippen LogP contribution in [0.5, 0.6) is 0 Å². The summed E-state index contributed by atoms with van der Waals surface area (Å²) in [6.07, 6.45) is 3.20. The molecule has 29 heavy (non-hydrogen) atoms. The molecule has 0 aliphatic heterocycles. The molecule has 0 atom stereocenters. The lowest BCUT2D eigenvalue weighted by molar-refractivity contribution is 0.252. The Morgan fingerprint density at radius 2 is 2.14 bits per heavy atom. The Balaban J connectivity index is 2.03. The number of carbonyl (C=O) groups excluding carboxylic acids is 1. The maximum absolute atomic E-state index is 11.8. The molecule has 0 aromatic carbocycles. The van der Waals surface area contributed by atoms with Crippen molar-refractivity contribution in [3.63, 3.8) is 0 Å². The van der Waals surface area contributed by atoms with E-state index in [0.29, 0.717) is 34.7 Å². The Kier molecular flexibility index (Phi) is 6.21. The molecule has 3 aromatic heterocycles. The van der Waals surface area contributed by atoms with Crippen LogP contribution >= 0.6 is 0 Å². The van der Waals surface area contributed by atoms with E-state index in [1.807, 2.05) is 6.92 Å². The quantitative estimate of drug-likeness (QED) is 0.450. The average molecular weight is 407 g/mol. The molecule has 147 valence electrons. The van der Waals surface area contributed by atoms with Gasteiger partial charge in [0.25, 0.3) is 0 Å². The fourth-order valence-corrected chi connectivity index (χ4v) is 2.79. The maximum Gasteiger partial charge on any atom is 0.434 e. The van der Waals surface area contributed by atoms with Gasteiger partial charge in [0.2, 0.25) is 5.89 Å². The van der Waals surface area contributed by atoms with Gasteiger partial charge in [0, 0.05) is 35.6 Å². The van der Waals surface area contributed by atoms with Crippen molar-refractivity contribution in [1.82, 2.24) is 25.5 Å². The number of aromatic nitrogens is 4. The highest BCUT2D eigenvalue weighted by Crippen LogP contribution is 2.26. The first kappa shape index (κ1) is 20.0. The minimum atomic E-state index is -0.787. The number of anilines is 1. The number of nitrogens with one attached hydrogen (secondary N) is 3. The largest absolute Gasteiger partial charge is 0.434 e. The first-order valence-corrected chi connectivity index (χ1v) is 11.4. The molecule has 0 aliphatic rings. The van der Waals surface area contributed by atoms with Gasteiger partial charge in [0.1, 0.15) is 14.6 Å². The Labute approximate surface area is 168 Å². The normalized spacial score (nSPS) is 10.3. The topological polar surface area (TPSA) is 126 Å². The third kappa shape index (κ3) is 5.17. The second-order valence-electron chi connectivity index (χ2n) is 6.20. The second kappa shape index (κ2) is 8.98. The molecule has 0 aliphatic carbocycles. The van der Waals surface area contributed by atoms with Crippen molar-refractivity contribution in [1.29, 1.82) is 0 Å². The van der Waals surface area contributed by atoms with Gasteiger partial charge in [-0.2, -0.15) is 0 Å². The van der Waals surface area contributed by atoms with Crippen LogP contribution in [0.1, 0.15) is 12.5 Å². The lowest BCUT2D eigenvalue weighted by Crippen LogP contribution is -2.28. The predicted molar refractivity (Wildman–Crippen MR) is 111 cm³/mol. The molecule has 0 spiro atoms. The molecule has 3 rings (SSSR count). The van der Waals surface area contributed by atoms with E-state index in [1.54, 1.807) is 30.6 Å². The van der Waals surface area contributed by atoms with E-state index >= 15 is 0 Å². The van der Waals surface area contributed by atoms with E-state index in [2.05, 4.69) is 55.4 Å². The summed E-state index contributed by atoms with van der Waals surface area (Å²) in [6.45, 7) is 6.52. The minimum Gasteiger partial charge on any atom is -0.388 e. The zero-order valence-electron chi connectivity index (χ0n) is 16.2. The van der Waals surface area contributed by atoms with Crippen LogP contribution in [-0.4, -0.2) is 41.5 Å². The molecular formula is C19H19N6O3Si. The summed E-state index contributed by atoms with van der Waals surface area (Å²) in [6, 6.07) is 4.80. The van der Waals surface area contributed by atoms with Gasteiger partial charge in [-0.3, -0.25) is 10.3 Å². The van der Waals surface area contributed by atoms with Gasteiger partial charge in [-0.15, -0.1) is 10.6 Å². The molecule has 9 nitrogen and oxygen atoms in total. The third-order valence-corrected chi connectivity index (χ3v) is 4.28. The maximum atomic E-state index is 11.8. The van der Waals surface area contributed by atoms with Crippen LogP contribution < -0.4 is 16.4 Å². The Morgan fingerprint density at radius 1 is 1.31 bits per heavy atom. The van der Waals surface area contributed by atoms with E-state index in [-0.39, 0.29) is 11.9 Å². The van der Waals surface area contributed by atoms with Crippen molar-refractivity contribution < 1.29 is 9.21 Å². The summed E-state index contributed by atoms with van der Waals surface area (Å²) in [7, 11) is -0.787. The van der Waals surface area contributed by atoms with Gasteiger partial charge in [0.15, 0.2) is 0 Å². The van der Waals surface area contributed by atoms with Crippen LogP contribution in [0, 0.1) is 11.5 Å². The highest BCUT2D eigenvalue weighted by Gasteiger charge is 2.12. The zero-order valence-corrected chi connectivity index (χ0v) is 17.2. The highest BCUT2D eigenvalue weighted by atomic mass is 28.3. The monoisotopic (exact) mass is 407 g/mol. The van der Waals surface area contributed by atoms with Gasteiger partial charge < -0.3 is 9.73 Å². The van der Waals surface area contributed by atoms with Gasteiger partial charge in [-0.1, -0.05) is 19.0 Å². The van der Waals surface area contributed by atoms with Crippen molar-refractivity contribution in [3.8, 4) is 34.2 Å². The van der Waals surface area contributed by atoms with Crippen molar-refractivity contribution in [2.45, 2.75) is 20.0 Å². The fraction of sp³-hybridized carbons (Fsp3) is 0.211. The summed E-state index contributed by atoms with van der Waals surface area (Å²) in [4.78, 5) is 31.7. The molecule has 0 fully saturated rings. The fourth-order valence-electron chi connectivity index (χ4n) is 2.41. The molecular weight excluding hydrogens is 388 g/mol. The second-order valence-corrected chi connectivity index (χ2v) is 8.45. The van der Waals surface area contributed by atoms with Gasteiger partial charge >= 0.3 is 11.8 Å². The predicted octanol–water partition coefficient (Wildman–Crippen LogP) is 2.27. The number of H-pyrrole nitrogens is 1. The van der Waals surface area contributed by atoms with E-state index < -0.39 is 14.6 Å². The zero-order chi connectivity index (χ0) is 20.8. The van der Waals surface area contributed by atoms with Crippen LogP contribution in [0.3, 0.4) is 0 Å². The number of hydrogen-bond acceptors (Lipinski definition) is 6. The molecule has 0 bridgehead atoms. The number of urea groups is 1. The van der Waals surface area contributed by atoms with E-state index in [9.17, 15) is 9.59 Å². The lowest BCUT2D eigenvalue weighted by Gasteiger charge is -2.09. The molecule has 2 amide bonds. The molecule has 1 radical (unpaired) electrons. The standard InChI is InChI=1S/C19H19N6O3Si/c1-4-20-18(26)23-16-10-12(6-8-29(2)3)14(11-22-16)15-9-13(5-7-21-15)17-24-25-19(27)28-17/h5,7,9-11H,4H2,1-3H3,(H,25,27)(H2,20,22,23,26). The molecule has 3 aromatic rings. The molecule has 3 heterocycles. The minimum absolute atomic E-state index is 0.168. The van der Waals surface area contributed by atoms with Crippen LogP contribution in [0.25, 0.3) is 22.7 Å². The molecule has 0 unspecified atom stereocenters. The summed E-state index contributed by atoms with van der Waals surface area (Å²) in [5.74, 6) is 3.09. The van der Waals surface area contributed by atoms with Crippen molar-refractivity contribution in [2.24, 2.45) is 0 Å². The molecule has 3 N–H and O–H groups in total. The summed E-state index contributed by atoms with van der Waals surface area (Å²) < 4.78 is 5.01. The first-order chi connectivity index (χ1) is 14.0. The van der Waals surface area contributed by atoms with Crippen LogP contribution in [0.4, 0.5) is 10.6 Å². The lowest BCUT2D eigenvalue weighted by atomic mass is 10.1. The Morgan fingerprint density at radius 3 is 2.83 bits per heavy atom. The summed E-state index contributed by atoms with van der Waals surface area (Å²) in [5.41, 5.74) is 5.78. The number of carbonyl (C=O) groups is 1. The van der Waals surface area contributed by atoms with Gasteiger partial charge in [0.05, 0.1) is 5.69 Å². The van der Waals surface area contributed by atoms with Gasteiger partial charge in [-0.25, -0.2) is 19.7 Å². The van der Waals surface area contributed by atoms with Gasteiger partial charge in [-0.05, 0) is 25.1 Å². The number of aromatic amines is 1. The highest BCUT2D eigenvalue weighted by molar-refractivity contribution is 6.64. The van der Waals surface area contributed by atoms with Crippen LogP contribution in [0.15, 0.2) is 39.8 Å². The van der Waals surface area contributed by atoms with E-state index in [1.165, 1.54) is 0 Å². The van der Waals surface area contributed by atoms with Crippen LogP contribution in [0.2, 0.25) is 13.1 Å². The first-order valence-electron chi connectivity index (χ1n) is 8.85. The third-order valence-electron chi connectivity index (χ3n) is 3.65. The van der Waals surface area contributed by atoms with E-state index in [0.717, 1.165) is 0 Å².